The molecule has 34 heavy (non-hydrogen) atoms. The number of carbonyl (C=O) groups is 2. The molecule has 0 fully saturated rings. The van der Waals surface area contributed by atoms with Crippen molar-refractivity contribution >= 4 is 40.8 Å². The van der Waals surface area contributed by atoms with Gasteiger partial charge in [-0.3, -0.25) is 19.4 Å². The number of hydrogen-bond acceptors (Lipinski definition) is 9. The molecule has 1 aromatic heterocycles. The van der Waals surface area contributed by atoms with Crippen molar-refractivity contribution < 1.29 is 23.8 Å². The number of anilines is 3. The highest BCUT2D eigenvalue weighted by atomic mass is 32.2. The van der Waals surface area contributed by atoms with Gasteiger partial charge in [-0.25, -0.2) is 4.98 Å². The van der Waals surface area contributed by atoms with E-state index in [1.165, 1.54) is 33.5 Å². The van der Waals surface area contributed by atoms with E-state index in [1.54, 1.807) is 30.3 Å². The molecule has 0 radical (unpaired) electrons. The molecule has 12 heteroatoms. The summed E-state index contributed by atoms with van der Waals surface area (Å²) in [6.45, 7) is 0. The molecule has 0 atom stereocenters. The summed E-state index contributed by atoms with van der Waals surface area (Å²) in [5, 5.41) is 5.31. The van der Waals surface area contributed by atoms with Gasteiger partial charge in [0, 0.05) is 17.3 Å². The van der Waals surface area contributed by atoms with E-state index in [1.807, 2.05) is 0 Å². The van der Waals surface area contributed by atoms with E-state index in [-0.39, 0.29) is 33.9 Å². The molecule has 0 saturated heterocycles. The first-order valence-electron chi connectivity index (χ1n) is 9.84. The van der Waals surface area contributed by atoms with E-state index < -0.39 is 11.5 Å². The summed E-state index contributed by atoms with van der Waals surface area (Å²) in [5.74, 6) is 0.298. The quantitative estimate of drug-likeness (QED) is 0.264. The van der Waals surface area contributed by atoms with Gasteiger partial charge in [0.25, 0.3) is 11.5 Å². The smallest absolute Gasteiger partial charge is 0.277 e. The highest BCUT2D eigenvalue weighted by Crippen LogP contribution is 2.28. The fourth-order valence-corrected chi connectivity index (χ4v) is 3.52. The SMILES string of the molecule is COc1cccc(NC(=O)CSc2nc(N)c(NC(=O)c3ccc(OC)c(OC)c3)c(=O)[nH]2)c1. The van der Waals surface area contributed by atoms with Crippen LogP contribution in [0.1, 0.15) is 10.4 Å². The summed E-state index contributed by atoms with van der Waals surface area (Å²) in [6.07, 6.45) is 0. The fourth-order valence-electron chi connectivity index (χ4n) is 2.85. The lowest BCUT2D eigenvalue weighted by atomic mass is 10.2. The van der Waals surface area contributed by atoms with Gasteiger partial charge in [-0.05, 0) is 30.3 Å². The maximum Gasteiger partial charge on any atom is 0.277 e. The van der Waals surface area contributed by atoms with Crippen LogP contribution in [0.25, 0.3) is 0 Å². The molecule has 5 N–H and O–H groups in total. The Morgan fingerprint density at radius 3 is 2.47 bits per heavy atom. The topological polar surface area (TPSA) is 158 Å². The number of rotatable bonds is 9. The van der Waals surface area contributed by atoms with Crippen LogP contribution in [0.15, 0.2) is 52.4 Å². The van der Waals surface area contributed by atoms with Crippen molar-refractivity contribution in [2.75, 3.05) is 43.4 Å². The summed E-state index contributed by atoms with van der Waals surface area (Å²) in [7, 11) is 4.45. The van der Waals surface area contributed by atoms with Crippen LogP contribution in [0, 0.1) is 0 Å². The molecular weight excluding hydrogens is 462 g/mol. The number of nitrogen functional groups attached to an aromatic ring is 1. The number of nitrogens with one attached hydrogen (secondary N) is 3. The number of nitrogens with zero attached hydrogens (tertiary/aromatic N) is 1. The average Bonchev–Trinajstić information content (AvgIpc) is 2.84. The Kier molecular flexibility index (Phi) is 7.98. The van der Waals surface area contributed by atoms with Gasteiger partial charge in [-0.1, -0.05) is 17.8 Å². The molecule has 0 saturated carbocycles. The summed E-state index contributed by atoms with van der Waals surface area (Å²) in [6, 6.07) is 11.5. The highest BCUT2D eigenvalue weighted by molar-refractivity contribution is 7.99. The Labute approximate surface area is 199 Å². The second kappa shape index (κ2) is 11.1. The van der Waals surface area contributed by atoms with E-state index in [4.69, 9.17) is 19.9 Å². The predicted molar refractivity (Wildman–Crippen MR) is 129 cm³/mol. The minimum atomic E-state index is -0.656. The molecule has 0 unspecified atom stereocenters. The third kappa shape index (κ3) is 5.98. The zero-order chi connectivity index (χ0) is 24.7. The fraction of sp³-hybridized carbons (Fsp3) is 0.182. The molecule has 3 rings (SSSR count). The summed E-state index contributed by atoms with van der Waals surface area (Å²) in [5.41, 5.74) is 5.83. The number of aromatic amines is 1. The molecule has 3 aromatic rings. The van der Waals surface area contributed by atoms with Crippen molar-refractivity contribution in [3.8, 4) is 17.2 Å². The zero-order valence-corrected chi connectivity index (χ0v) is 19.4. The number of amides is 2. The summed E-state index contributed by atoms with van der Waals surface area (Å²) >= 11 is 0.986. The maximum absolute atomic E-state index is 12.6. The standard InChI is InChI=1S/C22H23N5O6S/c1-31-14-6-4-5-13(10-14)24-17(28)11-34-22-26-19(23)18(21(30)27-22)25-20(29)12-7-8-15(32-2)16(9-12)33-3/h4-10H,11H2,1-3H3,(H,24,28)(H,25,29)(H3,23,26,27,30). The number of thioether (sulfide) groups is 1. The molecule has 178 valence electrons. The Morgan fingerprint density at radius 1 is 1.03 bits per heavy atom. The lowest BCUT2D eigenvalue weighted by Gasteiger charge is -2.11. The number of methoxy groups -OCH3 is 3. The molecule has 0 aliphatic rings. The Morgan fingerprint density at radius 2 is 1.79 bits per heavy atom. The van der Waals surface area contributed by atoms with Crippen LogP contribution in [0.4, 0.5) is 17.2 Å². The zero-order valence-electron chi connectivity index (χ0n) is 18.6. The summed E-state index contributed by atoms with van der Waals surface area (Å²) < 4.78 is 15.4. The van der Waals surface area contributed by atoms with Gasteiger partial charge in [0.15, 0.2) is 22.5 Å². The minimum absolute atomic E-state index is 0.0308. The van der Waals surface area contributed by atoms with Crippen molar-refractivity contribution in [2.45, 2.75) is 5.16 Å². The van der Waals surface area contributed by atoms with Crippen LogP contribution < -0.4 is 36.1 Å². The molecule has 0 aliphatic carbocycles. The van der Waals surface area contributed by atoms with Gasteiger partial charge < -0.3 is 30.6 Å². The lowest BCUT2D eigenvalue weighted by Crippen LogP contribution is -2.23. The normalized spacial score (nSPS) is 10.3. The van der Waals surface area contributed by atoms with Crippen molar-refractivity contribution in [1.29, 1.82) is 0 Å². The number of H-pyrrole nitrogens is 1. The van der Waals surface area contributed by atoms with Crippen LogP contribution in [-0.2, 0) is 4.79 Å². The number of carbonyl (C=O) groups excluding carboxylic acids is 2. The first-order chi connectivity index (χ1) is 16.3. The first kappa shape index (κ1) is 24.5. The number of hydrogen-bond donors (Lipinski definition) is 4. The highest BCUT2D eigenvalue weighted by Gasteiger charge is 2.16. The summed E-state index contributed by atoms with van der Waals surface area (Å²) in [4.78, 5) is 43.9. The Hall–Kier alpha value is -4.19. The van der Waals surface area contributed by atoms with Gasteiger partial charge >= 0.3 is 0 Å². The lowest BCUT2D eigenvalue weighted by molar-refractivity contribution is -0.113. The predicted octanol–water partition coefficient (Wildman–Crippen LogP) is 2.36. The molecule has 0 aliphatic heterocycles. The third-order valence-corrected chi connectivity index (χ3v) is 5.38. The van der Waals surface area contributed by atoms with E-state index in [2.05, 4.69) is 20.6 Å². The molecule has 0 bridgehead atoms. The number of nitrogens with two attached hydrogens (primary N) is 1. The van der Waals surface area contributed by atoms with Gasteiger partial charge in [-0.15, -0.1) is 0 Å². The maximum atomic E-state index is 12.6. The second-order valence-corrected chi connectivity index (χ2v) is 7.69. The van der Waals surface area contributed by atoms with Crippen LogP contribution in [0.5, 0.6) is 17.2 Å². The minimum Gasteiger partial charge on any atom is -0.497 e. The first-order valence-corrected chi connectivity index (χ1v) is 10.8. The van der Waals surface area contributed by atoms with Crippen LogP contribution in [-0.4, -0.2) is 48.9 Å². The van der Waals surface area contributed by atoms with E-state index in [9.17, 15) is 14.4 Å². The van der Waals surface area contributed by atoms with Gasteiger partial charge in [0.2, 0.25) is 5.91 Å². The average molecular weight is 486 g/mol. The molecule has 1 heterocycles. The van der Waals surface area contributed by atoms with Crippen LogP contribution in [0.2, 0.25) is 0 Å². The van der Waals surface area contributed by atoms with Crippen LogP contribution >= 0.6 is 11.8 Å². The van der Waals surface area contributed by atoms with Crippen molar-refractivity contribution in [2.24, 2.45) is 0 Å². The molecule has 2 aromatic carbocycles. The number of ether oxygens (including phenoxy) is 3. The Balaban J connectivity index is 1.66. The third-order valence-electron chi connectivity index (χ3n) is 4.50. The van der Waals surface area contributed by atoms with Crippen molar-refractivity contribution in [3.05, 3.63) is 58.4 Å². The molecule has 2 amide bonds. The molecule has 0 spiro atoms. The Bertz CT molecular complexity index is 1260. The van der Waals surface area contributed by atoms with Gasteiger partial charge in [0.1, 0.15) is 11.4 Å². The van der Waals surface area contributed by atoms with Gasteiger partial charge in [0.05, 0.1) is 27.1 Å². The van der Waals surface area contributed by atoms with Crippen molar-refractivity contribution in [1.82, 2.24) is 9.97 Å². The molecular formula is C22H23N5O6S. The van der Waals surface area contributed by atoms with Crippen LogP contribution in [0.3, 0.4) is 0 Å². The number of benzene rings is 2. The van der Waals surface area contributed by atoms with E-state index in [0.29, 0.717) is 22.9 Å². The second-order valence-electron chi connectivity index (χ2n) is 6.72. The van der Waals surface area contributed by atoms with E-state index >= 15 is 0 Å². The van der Waals surface area contributed by atoms with Crippen molar-refractivity contribution in [3.63, 3.8) is 0 Å². The molecule has 11 nitrogen and oxygen atoms in total. The van der Waals surface area contributed by atoms with Gasteiger partial charge in [-0.2, -0.15) is 0 Å². The largest absolute Gasteiger partial charge is 0.497 e. The monoisotopic (exact) mass is 485 g/mol. The number of aromatic nitrogens is 2. The van der Waals surface area contributed by atoms with E-state index in [0.717, 1.165) is 11.8 Å².